The number of hydrogen-bond acceptors (Lipinski definition) is 6. The average Bonchev–Trinajstić information content (AvgIpc) is 2.73. The number of amides is 1. The van der Waals surface area contributed by atoms with Crippen molar-refractivity contribution in [3.63, 3.8) is 0 Å². The second kappa shape index (κ2) is 6.09. The van der Waals surface area contributed by atoms with Gasteiger partial charge in [0.1, 0.15) is 9.79 Å². The van der Waals surface area contributed by atoms with E-state index in [1.54, 1.807) is 0 Å². The Bertz CT molecular complexity index is 911. The second-order valence-electron chi connectivity index (χ2n) is 4.48. The summed E-state index contributed by atoms with van der Waals surface area (Å²) in [5.74, 6) is -0.769. The predicted molar refractivity (Wildman–Crippen MR) is 89.0 cm³/mol. The Hall–Kier alpha value is -1.08. The molecule has 126 valence electrons. The second-order valence-corrected chi connectivity index (χ2v) is 10.4. The van der Waals surface area contributed by atoms with E-state index in [-0.39, 0.29) is 10.6 Å². The maximum Gasteiger partial charge on any atom is 0.267 e. The molecule has 1 aliphatic rings. The van der Waals surface area contributed by atoms with E-state index >= 15 is 0 Å². The summed E-state index contributed by atoms with van der Waals surface area (Å²) in [6.07, 6.45) is 0. The van der Waals surface area contributed by atoms with Crippen LogP contribution >= 0.6 is 27.7 Å². The van der Waals surface area contributed by atoms with Gasteiger partial charge in [0.2, 0.25) is 10.0 Å². The van der Waals surface area contributed by atoms with E-state index in [9.17, 15) is 21.6 Å². The van der Waals surface area contributed by atoms with Crippen molar-refractivity contribution >= 4 is 53.6 Å². The van der Waals surface area contributed by atoms with E-state index < -0.39 is 40.0 Å². The number of carbonyl (C=O) groups excluding carboxylic acids is 1. The number of allylic oxidation sites excluding steroid dienone is 1. The molecule has 0 aliphatic carbocycles. The van der Waals surface area contributed by atoms with Crippen molar-refractivity contribution in [1.29, 1.82) is 0 Å². The third kappa shape index (κ3) is 3.26. The summed E-state index contributed by atoms with van der Waals surface area (Å²) >= 11 is 4.05. The van der Waals surface area contributed by atoms with Crippen LogP contribution in [0, 0.1) is 0 Å². The van der Waals surface area contributed by atoms with Crippen molar-refractivity contribution in [2.45, 2.75) is 21.0 Å². The molecule has 4 N–H and O–H groups in total. The highest BCUT2D eigenvalue weighted by Crippen LogP contribution is 2.44. The van der Waals surface area contributed by atoms with Crippen LogP contribution < -0.4 is 10.9 Å². The van der Waals surface area contributed by atoms with E-state index in [0.29, 0.717) is 0 Å². The zero-order chi connectivity index (χ0) is 17.6. The third-order valence-corrected chi connectivity index (χ3v) is 8.50. The molecule has 0 radical (unpaired) electrons. The largest absolute Gasteiger partial charge is 0.365 e. The van der Waals surface area contributed by atoms with E-state index in [1.807, 2.05) is 0 Å². The maximum absolute atomic E-state index is 12.9. The Morgan fingerprint density at radius 2 is 1.74 bits per heavy atom. The fourth-order valence-corrected chi connectivity index (χ4v) is 7.64. The lowest BCUT2D eigenvalue weighted by Crippen LogP contribution is -2.32. The Labute approximate surface area is 146 Å². The van der Waals surface area contributed by atoms with Crippen LogP contribution in [-0.4, -0.2) is 31.3 Å². The number of rotatable bonds is 4. The summed E-state index contributed by atoms with van der Waals surface area (Å²) in [6, 6.07) is 4.97. The lowest BCUT2D eigenvalue weighted by atomic mass is 10.4. The molecule has 1 aromatic rings. The molecule has 1 aromatic carbocycles. The molecule has 0 bridgehead atoms. The number of primary sulfonamides is 1. The van der Waals surface area contributed by atoms with Gasteiger partial charge in [0.25, 0.3) is 15.9 Å². The van der Waals surface area contributed by atoms with E-state index in [0.717, 1.165) is 28.2 Å². The van der Waals surface area contributed by atoms with Crippen molar-refractivity contribution in [3.8, 4) is 0 Å². The first-order chi connectivity index (χ1) is 10.5. The summed E-state index contributed by atoms with van der Waals surface area (Å²) in [6.45, 7) is 1.41. The van der Waals surface area contributed by atoms with Gasteiger partial charge in [0.05, 0.1) is 4.91 Å². The first kappa shape index (κ1) is 18.3. The summed E-state index contributed by atoms with van der Waals surface area (Å²) in [5.41, 5.74) is 5.32. The van der Waals surface area contributed by atoms with Crippen molar-refractivity contribution in [2.24, 2.45) is 10.9 Å². The van der Waals surface area contributed by atoms with Crippen LogP contribution in [0.1, 0.15) is 6.92 Å². The molecule has 1 heterocycles. The van der Waals surface area contributed by atoms with Gasteiger partial charge in [-0.1, -0.05) is 39.8 Å². The van der Waals surface area contributed by atoms with Crippen LogP contribution in [-0.2, 0) is 24.8 Å². The van der Waals surface area contributed by atoms with Gasteiger partial charge in [-0.2, -0.15) is 0 Å². The van der Waals surface area contributed by atoms with Crippen LogP contribution in [0.4, 0.5) is 0 Å². The van der Waals surface area contributed by atoms with Crippen molar-refractivity contribution in [1.82, 2.24) is 4.31 Å². The normalized spacial score (nSPS) is 19.3. The molecule has 1 amide bonds. The summed E-state index contributed by atoms with van der Waals surface area (Å²) < 4.78 is 49.1. The van der Waals surface area contributed by atoms with Crippen molar-refractivity contribution in [3.05, 3.63) is 34.9 Å². The maximum atomic E-state index is 12.9. The zero-order valence-electron chi connectivity index (χ0n) is 11.6. The first-order valence-electron chi connectivity index (χ1n) is 5.95. The van der Waals surface area contributed by atoms with Gasteiger partial charge in [0, 0.05) is 5.70 Å². The highest BCUT2D eigenvalue weighted by molar-refractivity contribution is 9.11. The molecular formula is C11H12BrN3O5S3. The minimum absolute atomic E-state index is 0.0727. The van der Waals surface area contributed by atoms with E-state index in [2.05, 4.69) is 15.9 Å². The minimum Gasteiger partial charge on any atom is -0.365 e. The van der Waals surface area contributed by atoms with Gasteiger partial charge in [-0.3, -0.25) is 4.79 Å². The number of alkyl halides is 1. The predicted octanol–water partition coefficient (Wildman–Crippen LogP) is 0.467. The number of sulfonamides is 2. The van der Waals surface area contributed by atoms with Gasteiger partial charge in [-0.25, -0.2) is 26.3 Å². The van der Waals surface area contributed by atoms with Crippen LogP contribution in [0.5, 0.6) is 0 Å². The lowest BCUT2D eigenvalue weighted by molar-refractivity contribution is -0.113. The number of hydrogen-bond donors (Lipinski definition) is 2. The Kier molecular flexibility index (Phi) is 4.84. The smallest absolute Gasteiger partial charge is 0.267 e. The van der Waals surface area contributed by atoms with E-state index in [4.69, 9.17) is 10.9 Å². The van der Waals surface area contributed by atoms with Gasteiger partial charge < -0.3 is 5.73 Å². The van der Waals surface area contributed by atoms with Gasteiger partial charge in [0.15, 0.2) is 4.28 Å². The van der Waals surface area contributed by atoms with Gasteiger partial charge in [-0.15, -0.1) is 0 Å². The number of primary amides is 1. The quantitative estimate of drug-likeness (QED) is 0.513. The molecule has 1 unspecified atom stereocenters. The summed E-state index contributed by atoms with van der Waals surface area (Å²) in [4.78, 5) is 10.5. The molecule has 0 saturated carbocycles. The van der Waals surface area contributed by atoms with Crippen molar-refractivity contribution in [2.75, 3.05) is 0 Å². The topological polar surface area (TPSA) is 141 Å². The molecular weight excluding hydrogens is 430 g/mol. The van der Waals surface area contributed by atoms with E-state index in [1.165, 1.54) is 19.1 Å². The molecule has 0 aromatic heterocycles. The highest BCUT2D eigenvalue weighted by atomic mass is 79.9. The number of halogens is 1. The number of thioether (sulfide) groups is 1. The molecule has 12 heteroatoms. The highest BCUT2D eigenvalue weighted by Gasteiger charge is 2.41. The SMILES string of the molecule is CC1=C(C(N)=O)SC(Br)N1S(=O)(=O)c1ccccc1S(N)(=O)=O. The van der Waals surface area contributed by atoms with Crippen molar-refractivity contribution < 1.29 is 21.6 Å². The molecule has 23 heavy (non-hydrogen) atoms. The Morgan fingerprint density at radius 1 is 1.22 bits per heavy atom. The number of carbonyl (C=O) groups is 1. The first-order valence-corrected chi connectivity index (χ1v) is 10.7. The molecule has 1 aliphatic heterocycles. The lowest BCUT2D eigenvalue weighted by Gasteiger charge is -2.24. The van der Waals surface area contributed by atoms with Crippen LogP contribution in [0.2, 0.25) is 0 Å². The summed E-state index contributed by atoms with van der Waals surface area (Å²) in [7, 11) is -8.52. The number of benzene rings is 1. The molecule has 2 rings (SSSR count). The standard InChI is InChI=1S/C11H12BrN3O5S3/c1-6-9(10(13)16)21-11(12)15(6)23(19,20)8-5-3-2-4-7(8)22(14,17)18/h2-5,11H,1H3,(H2,13,16)(H2,14,17,18). The third-order valence-electron chi connectivity index (χ3n) is 2.97. The fourth-order valence-electron chi connectivity index (χ4n) is 2.01. The number of nitrogens with two attached hydrogens (primary N) is 2. The summed E-state index contributed by atoms with van der Waals surface area (Å²) in [5, 5.41) is 5.08. The number of nitrogens with zero attached hydrogens (tertiary/aromatic N) is 1. The van der Waals surface area contributed by atoms with Crippen LogP contribution in [0.3, 0.4) is 0 Å². The monoisotopic (exact) mass is 441 g/mol. The van der Waals surface area contributed by atoms with Crippen LogP contribution in [0.15, 0.2) is 44.7 Å². The minimum atomic E-state index is -4.28. The van der Waals surface area contributed by atoms with Gasteiger partial charge >= 0.3 is 0 Å². The molecule has 0 saturated heterocycles. The van der Waals surface area contributed by atoms with Crippen LogP contribution in [0.25, 0.3) is 0 Å². The Morgan fingerprint density at radius 3 is 2.17 bits per heavy atom. The Balaban J connectivity index is 2.68. The average molecular weight is 442 g/mol. The molecule has 8 nitrogen and oxygen atoms in total. The molecule has 1 atom stereocenters. The van der Waals surface area contributed by atoms with Gasteiger partial charge in [-0.05, 0) is 19.1 Å². The molecule has 0 fully saturated rings. The molecule has 0 spiro atoms. The fraction of sp³-hybridized carbons (Fsp3) is 0.182. The zero-order valence-corrected chi connectivity index (χ0v) is 15.7.